The Morgan fingerprint density at radius 3 is 2.44 bits per heavy atom. The van der Waals surface area contributed by atoms with Gasteiger partial charge in [0.15, 0.2) is 0 Å². The van der Waals surface area contributed by atoms with Crippen LogP contribution in [0, 0.1) is 0 Å². The zero-order chi connectivity index (χ0) is 13.6. The zero-order valence-corrected chi connectivity index (χ0v) is 12.2. The minimum Gasteiger partial charge on any atom is -0.368 e. The van der Waals surface area contributed by atoms with Crippen LogP contribution in [0.25, 0.3) is 0 Å². The summed E-state index contributed by atoms with van der Waals surface area (Å²) in [6.45, 7) is 9.53. The lowest BCUT2D eigenvalue weighted by Gasteiger charge is -2.32. The Morgan fingerprint density at radius 2 is 1.94 bits per heavy atom. The SMILES string of the molecule is CC(C)NC(C)(CCCN1CCCCC1)C(N)=O. The van der Waals surface area contributed by atoms with E-state index >= 15 is 0 Å². The molecule has 3 N–H and O–H groups in total. The van der Waals surface area contributed by atoms with Gasteiger partial charge in [0.05, 0.1) is 5.54 Å². The molecule has 1 amide bonds. The van der Waals surface area contributed by atoms with Gasteiger partial charge in [0, 0.05) is 6.04 Å². The Bertz CT molecular complexity index is 262. The molecule has 1 atom stereocenters. The maximum atomic E-state index is 11.6. The van der Waals surface area contributed by atoms with Gasteiger partial charge in [0.2, 0.25) is 5.91 Å². The molecule has 0 aromatic rings. The van der Waals surface area contributed by atoms with E-state index in [-0.39, 0.29) is 11.9 Å². The smallest absolute Gasteiger partial charge is 0.237 e. The number of carbonyl (C=O) groups is 1. The largest absolute Gasteiger partial charge is 0.368 e. The van der Waals surface area contributed by atoms with Crippen molar-refractivity contribution in [2.75, 3.05) is 19.6 Å². The van der Waals surface area contributed by atoms with Crippen molar-refractivity contribution in [3.05, 3.63) is 0 Å². The van der Waals surface area contributed by atoms with Crippen molar-refractivity contribution in [2.24, 2.45) is 5.73 Å². The topological polar surface area (TPSA) is 58.4 Å². The molecule has 0 saturated carbocycles. The van der Waals surface area contributed by atoms with Gasteiger partial charge in [-0.1, -0.05) is 6.42 Å². The number of rotatable bonds is 7. The summed E-state index contributed by atoms with van der Waals surface area (Å²) in [5.41, 5.74) is 4.96. The third-order valence-electron chi connectivity index (χ3n) is 3.75. The van der Waals surface area contributed by atoms with E-state index in [1.165, 1.54) is 32.4 Å². The predicted octanol–water partition coefficient (Wildman–Crippen LogP) is 1.49. The van der Waals surface area contributed by atoms with Crippen molar-refractivity contribution in [2.45, 2.75) is 64.5 Å². The summed E-state index contributed by atoms with van der Waals surface area (Å²) in [4.78, 5) is 14.1. The van der Waals surface area contributed by atoms with E-state index < -0.39 is 5.54 Å². The predicted molar refractivity (Wildman–Crippen MR) is 75.4 cm³/mol. The highest BCUT2D eigenvalue weighted by Crippen LogP contribution is 2.15. The molecule has 1 unspecified atom stereocenters. The van der Waals surface area contributed by atoms with Gasteiger partial charge >= 0.3 is 0 Å². The monoisotopic (exact) mass is 255 g/mol. The van der Waals surface area contributed by atoms with Crippen LogP contribution in [0.5, 0.6) is 0 Å². The number of amides is 1. The zero-order valence-electron chi connectivity index (χ0n) is 12.2. The number of hydrogen-bond acceptors (Lipinski definition) is 3. The molecule has 0 spiro atoms. The molecule has 1 aliphatic rings. The van der Waals surface area contributed by atoms with Crippen molar-refractivity contribution in [3.63, 3.8) is 0 Å². The van der Waals surface area contributed by atoms with Crippen molar-refractivity contribution in [1.29, 1.82) is 0 Å². The number of likely N-dealkylation sites (tertiary alicyclic amines) is 1. The second-order valence-electron chi connectivity index (χ2n) is 6.00. The maximum Gasteiger partial charge on any atom is 0.237 e. The van der Waals surface area contributed by atoms with E-state index in [0.29, 0.717) is 0 Å². The Balaban J connectivity index is 2.35. The summed E-state index contributed by atoms with van der Waals surface area (Å²) in [6.07, 6.45) is 5.84. The molecule has 1 fully saturated rings. The van der Waals surface area contributed by atoms with E-state index in [1.807, 2.05) is 20.8 Å². The Labute approximate surface area is 111 Å². The first-order valence-electron chi connectivity index (χ1n) is 7.24. The van der Waals surface area contributed by atoms with Crippen LogP contribution in [0.15, 0.2) is 0 Å². The average Bonchev–Trinajstić information content (AvgIpc) is 2.29. The second-order valence-corrected chi connectivity index (χ2v) is 6.00. The highest BCUT2D eigenvalue weighted by molar-refractivity contribution is 5.84. The van der Waals surface area contributed by atoms with Crippen LogP contribution in [0.2, 0.25) is 0 Å². The van der Waals surface area contributed by atoms with Gasteiger partial charge in [0.1, 0.15) is 0 Å². The summed E-state index contributed by atoms with van der Waals surface area (Å²) < 4.78 is 0. The highest BCUT2D eigenvalue weighted by Gasteiger charge is 2.30. The number of nitrogens with one attached hydrogen (secondary N) is 1. The molecule has 4 nitrogen and oxygen atoms in total. The number of carbonyl (C=O) groups excluding carboxylic acids is 1. The van der Waals surface area contributed by atoms with Gasteiger partial charge in [-0.05, 0) is 66.1 Å². The number of nitrogens with two attached hydrogens (primary N) is 1. The normalized spacial score (nSPS) is 20.9. The molecule has 106 valence electrons. The van der Waals surface area contributed by atoms with Gasteiger partial charge in [-0.15, -0.1) is 0 Å². The summed E-state index contributed by atoms with van der Waals surface area (Å²) in [6, 6.07) is 0.275. The molecule has 0 aromatic carbocycles. The summed E-state index contributed by atoms with van der Waals surface area (Å²) in [7, 11) is 0. The van der Waals surface area contributed by atoms with Crippen LogP contribution in [0.4, 0.5) is 0 Å². The molecule has 0 aromatic heterocycles. The van der Waals surface area contributed by atoms with Crippen molar-refractivity contribution >= 4 is 5.91 Å². The lowest BCUT2D eigenvalue weighted by Crippen LogP contribution is -2.55. The summed E-state index contributed by atoms with van der Waals surface area (Å²) in [5, 5.41) is 3.30. The summed E-state index contributed by atoms with van der Waals surface area (Å²) in [5.74, 6) is -0.241. The van der Waals surface area contributed by atoms with E-state index in [2.05, 4.69) is 10.2 Å². The van der Waals surface area contributed by atoms with Crippen LogP contribution in [0.3, 0.4) is 0 Å². The van der Waals surface area contributed by atoms with Crippen molar-refractivity contribution in [1.82, 2.24) is 10.2 Å². The standard InChI is InChI=1S/C14H29N3O/c1-12(2)16-14(3,13(15)18)8-7-11-17-9-5-4-6-10-17/h12,16H,4-11H2,1-3H3,(H2,15,18). The summed E-state index contributed by atoms with van der Waals surface area (Å²) >= 11 is 0. The minimum atomic E-state index is -0.566. The molecule has 0 aliphatic carbocycles. The maximum absolute atomic E-state index is 11.6. The molecule has 4 heteroatoms. The third-order valence-corrected chi connectivity index (χ3v) is 3.75. The fourth-order valence-corrected chi connectivity index (χ4v) is 2.74. The molecule has 0 bridgehead atoms. The van der Waals surface area contributed by atoms with Crippen LogP contribution in [-0.2, 0) is 4.79 Å². The van der Waals surface area contributed by atoms with E-state index in [1.54, 1.807) is 0 Å². The number of primary amides is 1. The van der Waals surface area contributed by atoms with Gasteiger partial charge in [0.25, 0.3) is 0 Å². The fourth-order valence-electron chi connectivity index (χ4n) is 2.74. The van der Waals surface area contributed by atoms with E-state index in [0.717, 1.165) is 19.4 Å². The first-order chi connectivity index (χ1) is 8.44. The molecule has 1 rings (SSSR count). The Kier molecular flexibility index (Phi) is 6.09. The first-order valence-corrected chi connectivity index (χ1v) is 7.24. The van der Waals surface area contributed by atoms with E-state index in [9.17, 15) is 4.79 Å². The number of hydrogen-bond donors (Lipinski definition) is 2. The second kappa shape index (κ2) is 7.10. The van der Waals surface area contributed by atoms with Crippen LogP contribution in [0.1, 0.15) is 52.9 Å². The minimum absolute atomic E-state index is 0.241. The van der Waals surface area contributed by atoms with Crippen LogP contribution >= 0.6 is 0 Å². The van der Waals surface area contributed by atoms with Gasteiger partial charge in [-0.3, -0.25) is 4.79 Å². The highest BCUT2D eigenvalue weighted by atomic mass is 16.1. The molecular weight excluding hydrogens is 226 g/mol. The van der Waals surface area contributed by atoms with Gasteiger partial charge in [-0.25, -0.2) is 0 Å². The number of piperidine rings is 1. The lowest BCUT2D eigenvalue weighted by atomic mass is 9.93. The van der Waals surface area contributed by atoms with Crippen LogP contribution in [-0.4, -0.2) is 42.0 Å². The lowest BCUT2D eigenvalue weighted by molar-refractivity contribution is -0.124. The van der Waals surface area contributed by atoms with Gasteiger partial charge < -0.3 is 16.0 Å². The van der Waals surface area contributed by atoms with E-state index in [4.69, 9.17) is 5.73 Å². The van der Waals surface area contributed by atoms with Gasteiger partial charge in [-0.2, -0.15) is 0 Å². The molecular formula is C14H29N3O. The number of nitrogens with zero attached hydrogens (tertiary/aromatic N) is 1. The van der Waals surface area contributed by atoms with Crippen molar-refractivity contribution < 1.29 is 4.79 Å². The molecule has 1 saturated heterocycles. The fraction of sp³-hybridized carbons (Fsp3) is 0.929. The van der Waals surface area contributed by atoms with Crippen molar-refractivity contribution in [3.8, 4) is 0 Å². The molecule has 18 heavy (non-hydrogen) atoms. The third kappa shape index (κ3) is 4.94. The Hall–Kier alpha value is -0.610. The quantitative estimate of drug-likeness (QED) is 0.725. The first kappa shape index (κ1) is 15.4. The Morgan fingerprint density at radius 1 is 1.33 bits per heavy atom. The van der Waals surface area contributed by atoms with Crippen LogP contribution < -0.4 is 11.1 Å². The molecule has 1 heterocycles. The molecule has 0 radical (unpaired) electrons. The molecule has 1 aliphatic heterocycles. The average molecular weight is 255 g/mol.